The maximum absolute atomic E-state index is 4.43. The van der Waals surface area contributed by atoms with E-state index < -0.39 is 0 Å². The van der Waals surface area contributed by atoms with Crippen molar-refractivity contribution in [3.63, 3.8) is 0 Å². The second-order valence-corrected chi connectivity index (χ2v) is 7.46. The van der Waals surface area contributed by atoms with Gasteiger partial charge < -0.3 is 5.32 Å². The predicted molar refractivity (Wildman–Crippen MR) is 105 cm³/mol. The first-order chi connectivity index (χ1) is 12.9. The normalized spacial score (nSPS) is 18.9. The third-order valence-electron chi connectivity index (χ3n) is 4.92. The van der Waals surface area contributed by atoms with Gasteiger partial charge in [-0.3, -0.25) is 0 Å². The molecule has 0 saturated heterocycles. The molecular weight excluding hydrogens is 340 g/mol. The Kier molecular flexibility index (Phi) is 3.79. The smallest absolute Gasteiger partial charge is 0.222 e. The molecule has 0 aliphatic carbocycles. The van der Waals surface area contributed by atoms with Gasteiger partial charge in [-0.05, 0) is 34.6 Å². The lowest BCUT2D eigenvalue weighted by atomic mass is 9.95. The minimum Gasteiger partial charge on any atom is -0.348 e. The Bertz CT molecular complexity index is 990. The van der Waals surface area contributed by atoms with Gasteiger partial charge in [0.2, 0.25) is 5.95 Å². The molecule has 0 unspecified atom stereocenters. The summed E-state index contributed by atoms with van der Waals surface area (Å²) in [4.78, 5) is 5.73. The van der Waals surface area contributed by atoms with Crippen LogP contribution in [0.5, 0.6) is 0 Å². The second kappa shape index (κ2) is 6.42. The highest BCUT2D eigenvalue weighted by Crippen LogP contribution is 2.39. The van der Waals surface area contributed by atoms with Crippen LogP contribution in [0.15, 0.2) is 78.4 Å². The molecule has 2 atom stereocenters. The number of benzene rings is 2. The fraction of sp³-hybridized carbons (Fsp3) is 0.143. The molecular formula is C21H18N4S. The lowest BCUT2D eigenvalue weighted by Crippen LogP contribution is -2.27. The van der Waals surface area contributed by atoms with Crippen LogP contribution in [0.25, 0.3) is 11.1 Å². The maximum atomic E-state index is 4.43. The minimum atomic E-state index is 0.226. The first-order valence-electron chi connectivity index (χ1n) is 8.73. The summed E-state index contributed by atoms with van der Waals surface area (Å²) < 4.78 is 2.00. The summed E-state index contributed by atoms with van der Waals surface area (Å²) in [5, 5.41) is 10.1. The van der Waals surface area contributed by atoms with Crippen LogP contribution >= 0.6 is 11.3 Å². The number of hydrogen-bond donors (Lipinski definition) is 1. The Balaban J connectivity index is 1.46. The van der Waals surface area contributed by atoms with Crippen molar-refractivity contribution in [2.75, 3.05) is 5.32 Å². The van der Waals surface area contributed by atoms with Crippen molar-refractivity contribution < 1.29 is 0 Å². The molecule has 0 spiro atoms. The quantitative estimate of drug-likeness (QED) is 0.550. The standard InChI is InChI=1S/C21H18N4S/c1-2-5-15(6-3-1)16-8-10-17(11-9-16)18-13-19(20-7-4-12-26-20)25-21(24-18)22-14-23-25/h1-12,14,18-19H,13H2,(H,22,23,24)/t18-,19+/m1/s1. The van der Waals surface area contributed by atoms with E-state index >= 15 is 0 Å². The lowest BCUT2D eigenvalue weighted by molar-refractivity contribution is 0.436. The van der Waals surface area contributed by atoms with E-state index in [-0.39, 0.29) is 12.1 Å². The number of nitrogens with one attached hydrogen (secondary N) is 1. The van der Waals surface area contributed by atoms with E-state index in [2.05, 4.69) is 81.4 Å². The molecule has 5 rings (SSSR count). The van der Waals surface area contributed by atoms with Gasteiger partial charge in [0.25, 0.3) is 0 Å². The maximum Gasteiger partial charge on any atom is 0.222 e. The Hall–Kier alpha value is -2.92. The monoisotopic (exact) mass is 358 g/mol. The molecule has 5 heteroatoms. The van der Waals surface area contributed by atoms with Gasteiger partial charge >= 0.3 is 0 Å². The molecule has 2 aromatic carbocycles. The van der Waals surface area contributed by atoms with Crippen LogP contribution in [0.1, 0.15) is 28.9 Å². The van der Waals surface area contributed by atoms with Crippen molar-refractivity contribution in [3.8, 4) is 11.1 Å². The summed E-state index contributed by atoms with van der Waals surface area (Å²) in [7, 11) is 0. The van der Waals surface area contributed by atoms with E-state index in [1.165, 1.54) is 21.6 Å². The molecule has 4 nitrogen and oxygen atoms in total. The van der Waals surface area contributed by atoms with Crippen molar-refractivity contribution in [2.24, 2.45) is 0 Å². The largest absolute Gasteiger partial charge is 0.348 e. The third kappa shape index (κ3) is 2.70. The summed E-state index contributed by atoms with van der Waals surface area (Å²) in [6.07, 6.45) is 2.59. The highest BCUT2D eigenvalue weighted by molar-refractivity contribution is 7.10. The number of anilines is 1. The zero-order valence-corrected chi connectivity index (χ0v) is 14.9. The van der Waals surface area contributed by atoms with Crippen molar-refractivity contribution in [3.05, 3.63) is 88.9 Å². The van der Waals surface area contributed by atoms with Gasteiger partial charge in [0.15, 0.2) is 0 Å². The molecule has 0 bridgehead atoms. The second-order valence-electron chi connectivity index (χ2n) is 6.48. The SMILES string of the molecule is c1ccc(-c2ccc([C@H]3C[C@@H](c4cccs4)n4ncnc4N3)cc2)cc1. The van der Waals surface area contributed by atoms with Gasteiger partial charge in [-0.15, -0.1) is 11.3 Å². The average Bonchev–Trinajstić information content (AvgIpc) is 3.40. The van der Waals surface area contributed by atoms with Crippen LogP contribution in [0.4, 0.5) is 5.95 Å². The van der Waals surface area contributed by atoms with E-state index in [0.717, 1.165) is 12.4 Å². The van der Waals surface area contributed by atoms with Crippen LogP contribution in [0, 0.1) is 0 Å². The molecule has 2 aromatic heterocycles. The van der Waals surface area contributed by atoms with Crippen LogP contribution < -0.4 is 5.32 Å². The summed E-state index contributed by atoms with van der Waals surface area (Å²) >= 11 is 1.78. The molecule has 0 radical (unpaired) electrons. The summed E-state index contributed by atoms with van der Waals surface area (Å²) in [6, 6.07) is 24.1. The summed E-state index contributed by atoms with van der Waals surface area (Å²) in [6.45, 7) is 0. The third-order valence-corrected chi connectivity index (χ3v) is 5.90. The molecule has 1 N–H and O–H groups in total. The van der Waals surface area contributed by atoms with Gasteiger partial charge in [-0.25, -0.2) is 4.68 Å². The Morgan fingerprint density at radius 2 is 1.73 bits per heavy atom. The molecule has 3 heterocycles. The van der Waals surface area contributed by atoms with E-state index in [1.807, 2.05) is 10.7 Å². The van der Waals surface area contributed by atoms with Gasteiger partial charge in [-0.1, -0.05) is 60.7 Å². The molecule has 1 aliphatic rings. The number of hydrogen-bond acceptors (Lipinski definition) is 4. The summed E-state index contributed by atoms with van der Waals surface area (Å²) in [5.41, 5.74) is 3.76. The van der Waals surface area contributed by atoms with Gasteiger partial charge in [-0.2, -0.15) is 10.1 Å². The van der Waals surface area contributed by atoms with Gasteiger partial charge in [0, 0.05) is 4.88 Å². The lowest BCUT2D eigenvalue weighted by Gasteiger charge is -2.31. The predicted octanol–water partition coefficient (Wildman–Crippen LogP) is 5.15. The molecule has 0 saturated carbocycles. The van der Waals surface area contributed by atoms with E-state index in [1.54, 1.807) is 17.7 Å². The van der Waals surface area contributed by atoms with Crippen LogP contribution in [0.2, 0.25) is 0 Å². The van der Waals surface area contributed by atoms with Crippen molar-refractivity contribution >= 4 is 17.3 Å². The highest BCUT2D eigenvalue weighted by atomic mass is 32.1. The number of thiophene rings is 1. The van der Waals surface area contributed by atoms with Crippen molar-refractivity contribution in [1.82, 2.24) is 14.8 Å². The van der Waals surface area contributed by atoms with E-state index in [9.17, 15) is 0 Å². The fourth-order valence-electron chi connectivity index (χ4n) is 3.59. The molecule has 128 valence electrons. The molecule has 4 aromatic rings. The Labute approximate surface area is 156 Å². The Morgan fingerprint density at radius 1 is 0.923 bits per heavy atom. The number of nitrogens with zero attached hydrogens (tertiary/aromatic N) is 3. The zero-order chi connectivity index (χ0) is 17.3. The first kappa shape index (κ1) is 15.3. The van der Waals surface area contributed by atoms with E-state index in [0.29, 0.717) is 0 Å². The molecule has 1 aliphatic heterocycles. The van der Waals surface area contributed by atoms with Crippen LogP contribution in [0.3, 0.4) is 0 Å². The fourth-order valence-corrected chi connectivity index (χ4v) is 4.42. The number of aromatic nitrogens is 3. The first-order valence-corrected chi connectivity index (χ1v) is 9.61. The zero-order valence-electron chi connectivity index (χ0n) is 14.1. The van der Waals surface area contributed by atoms with Crippen LogP contribution in [-0.2, 0) is 0 Å². The van der Waals surface area contributed by atoms with Crippen molar-refractivity contribution in [1.29, 1.82) is 0 Å². The number of fused-ring (bicyclic) bond motifs is 1. The Morgan fingerprint density at radius 3 is 2.50 bits per heavy atom. The minimum absolute atomic E-state index is 0.226. The van der Waals surface area contributed by atoms with Gasteiger partial charge in [0.05, 0.1) is 12.1 Å². The summed E-state index contributed by atoms with van der Waals surface area (Å²) in [5.74, 6) is 0.840. The molecule has 0 fully saturated rings. The van der Waals surface area contributed by atoms with E-state index in [4.69, 9.17) is 0 Å². The van der Waals surface area contributed by atoms with Crippen LogP contribution in [-0.4, -0.2) is 14.8 Å². The number of rotatable bonds is 3. The molecule has 0 amide bonds. The highest BCUT2D eigenvalue weighted by Gasteiger charge is 2.30. The van der Waals surface area contributed by atoms with Crippen molar-refractivity contribution in [2.45, 2.75) is 18.5 Å². The topological polar surface area (TPSA) is 42.7 Å². The molecule has 26 heavy (non-hydrogen) atoms. The van der Waals surface area contributed by atoms with Gasteiger partial charge in [0.1, 0.15) is 6.33 Å². The average molecular weight is 358 g/mol.